The van der Waals surface area contributed by atoms with Gasteiger partial charge in [-0.15, -0.1) is 0 Å². The van der Waals surface area contributed by atoms with E-state index in [9.17, 15) is 15.4 Å². The molecule has 0 bridgehead atoms. The molecule has 0 spiro atoms. The van der Waals surface area contributed by atoms with Crippen LogP contribution in [0.5, 0.6) is 11.5 Å². The normalized spacial score (nSPS) is 12.7. The molecule has 0 saturated heterocycles. The number of ether oxygens (including phenoxy) is 2. The Balaban J connectivity index is 2.47. The first-order valence-electron chi connectivity index (χ1n) is 9.60. The Bertz CT molecular complexity index is 933. The maximum absolute atomic E-state index is 11.7. The number of hydrogen-bond donors (Lipinski definition) is 0. The second-order valence-corrected chi connectivity index (χ2v) is 13.2. The number of methoxy groups -OCH3 is 1. The second-order valence-electron chi connectivity index (χ2n) is 8.49. The van der Waals surface area contributed by atoms with E-state index in [1.165, 1.54) is 13.2 Å². The molecular formula is C22H28N2O5Si. The second kappa shape index (κ2) is 9.28. The molecule has 2 aromatic carbocycles. The third kappa shape index (κ3) is 5.37. The van der Waals surface area contributed by atoms with E-state index in [1.54, 1.807) is 6.07 Å². The lowest BCUT2D eigenvalue weighted by atomic mass is 10.1. The summed E-state index contributed by atoms with van der Waals surface area (Å²) in [6.45, 7) is 10.5. The van der Waals surface area contributed by atoms with E-state index in [1.807, 2.05) is 43.4 Å². The molecular weight excluding hydrogens is 400 g/mol. The molecule has 0 aromatic heterocycles. The van der Waals surface area contributed by atoms with Crippen LogP contribution in [0, 0.1) is 21.4 Å². The van der Waals surface area contributed by atoms with Gasteiger partial charge in [0.2, 0.25) is 5.75 Å². The maximum Gasteiger partial charge on any atom is 0.315 e. The van der Waals surface area contributed by atoms with Crippen molar-refractivity contribution in [2.24, 2.45) is 0 Å². The summed E-state index contributed by atoms with van der Waals surface area (Å²) in [6.07, 6.45) is -0.949. The summed E-state index contributed by atoms with van der Waals surface area (Å²) in [5.41, 5.74) is 1.01. The van der Waals surface area contributed by atoms with Gasteiger partial charge in [0.1, 0.15) is 6.61 Å². The van der Waals surface area contributed by atoms with E-state index in [0.717, 1.165) is 5.56 Å². The van der Waals surface area contributed by atoms with Crippen LogP contribution in [0.25, 0.3) is 0 Å². The average molecular weight is 429 g/mol. The van der Waals surface area contributed by atoms with Gasteiger partial charge in [0, 0.05) is 11.6 Å². The largest absolute Gasteiger partial charge is 0.488 e. The monoisotopic (exact) mass is 428 g/mol. The van der Waals surface area contributed by atoms with E-state index < -0.39 is 19.3 Å². The van der Waals surface area contributed by atoms with Crippen LogP contribution >= 0.6 is 0 Å². The lowest BCUT2D eigenvalue weighted by molar-refractivity contribution is -0.385. The zero-order valence-corrected chi connectivity index (χ0v) is 19.3. The molecule has 1 unspecified atom stereocenters. The van der Waals surface area contributed by atoms with Crippen molar-refractivity contribution in [3.63, 3.8) is 0 Å². The van der Waals surface area contributed by atoms with Crippen molar-refractivity contribution in [3.8, 4) is 17.6 Å². The number of benzene rings is 2. The minimum absolute atomic E-state index is 0.0173. The lowest BCUT2D eigenvalue weighted by Gasteiger charge is -2.37. The first-order chi connectivity index (χ1) is 14.0. The molecule has 0 amide bonds. The zero-order chi connectivity index (χ0) is 22.5. The lowest BCUT2D eigenvalue weighted by Crippen LogP contribution is -2.41. The molecule has 0 saturated carbocycles. The molecule has 30 heavy (non-hydrogen) atoms. The minimum atomic E-state index is -2.29. The van der Waals surface area contributed by atoms with Gasteiger partial charge >= 0.3 is 5.69 Å². The highest BCUT2D eigenvalue weighted by Crippen LogP contribution is 2.43. The van der Waals surface area contributed by atoms with E-state index in [2.05, 4.69) is 26.8 Å². The predicted molar refractivity (Wildman–Crippen MR) is 117 cm³/mol. The summed E-state index contributed by atoms with van der Waals surface area (Å²) in [4.78, 5) is 11.1. The van der Waals surface area contributed by atoms with E-state index in [4.69, 9.17) is 13.9 Å². The number of nitrogens with zero attached hydrogens (tertiary/aromatic N) is 2. The van der Waals surface area contributed by atoms with Crippen molar-refractivity contribution in [2.75, 3.05) is 7.11 Å². The van der Waals surface area contributed by atoms with Crippen LogP contribution in [0.1, 0.15) is 38.0 Å². The highest BCUT2D eigenvalue weighted by molar-refractivity contribution is 6.74. The summed E-state index contributed by atoms with van der Waals surface area (Å²) in [7, 11) is -0.939. The molecule has 8 heteroatoms. The van der Waals surface area contributed by atoms with Gasteiger partial charge in [-0.3, -0.25) is 10.1 Å². The summed E-state index contributed by atoms with van der Waals surface area (Å²) in [6, 6.07) is 14.5. The Morgan fingerprint density at radius 1 is 1.20 bits per heavy atom. The van der Waals surface area contributed by atoms with Gasteiger partial charge in [-0.25, -0.2) is 0 Å². The number of nitro benzene ring substituents is 1. The smallest absolute Gasteiger partial charge is 0.315 e. The Labute approximate surface area is 178 Å². The number of nitriles is 1. The molecule has 160 valence electrons. The van der Waals surface area contributed by atoms with Crippen LogP contribution in [0.4, 0.5) is 5.69 Å². The molecule has 0 radical (unpaired) electrons. The van der Waals surface area contributed by atoms with Crippen LogP contribution in [-0.2, 0) is 11.0 Å². The molecule has 7 nitrogen and oxygen atoms in total. The molecule has 2 aromatic rings. The number of nitro groups is 1. The van der Waals surface area contributed by atoms with E-state index in [0.29, 0.717) is 5.56 Å². The molecule has 0 fully saturated rings. The van der Waals surface area contributed by atoms with Crippen LogP contribution < -0.4 is 9.47 Å². The third-order valence-electron chi connectivity index (χ3n) is 5.33. The van der Waals surface area contributed by atoms with Crippen LogP contribution in [0.15, 0.2) is 42.5 Å². The fraction of sp³-hybridized carbons (Fsp3) is 0.409. The van der Waals surface area contributed by atoms with E-state index >= 15 is 0 Å². The highest BCUT2D eigenvalue weighted by atomic mass is 28.4. The quantitative estimate of drug-likeness (QED) is 0.301. The maximum atomic E-state index is 11.7. The Morgan fingerprint density at radius 3 is 2.33 bits per heavy atom. The molecule has 0 heterocycles. The van der Waals surface area contributed by atoms with Crippen molar-refractivity contribution in [1.82, 2.24) is 0 Å². The summed E-state index contributed by atoms with van der Waals surface area (Å²) >= 11 is 0. The molecule has 0 aliphatic heterocycles. The molecule has 1 atom stereocenters. The first-order valence-corrected chi connectivity index (χ1v) is 12.5. The average Bonchev–Trinajstić information content (AvgIpc) is 2.69. The van der Waals surface area contributed by atoms with E-state index in [-0.39, 0.29) is 28.8 Å². The van der Waals surface area contributed by atoms with Gasteiger partial charge in [0.05, 0.1) is 18.1 Å². The molecule has 0 aliphatic carbocycles. The van der Waals surface area contributed by atoms with Crippen LogP contribution in [0.3, 0.4) is 0 Å². The summed E-state index contributed by atoms with van der Waals surface area (Å²) < 4.78 is 17.3. The van der Waals surface area contributed by atoms with Crippen molar-refractivity contribution < 1.29 is 18.8 Å². The summed E-state index contributed by atoms with van der Waals surface area (Å²) in [5, 5.41) is 21.3. The Hall–Kier alpha value is -2.89. The SMILES string of the molecule is COc1c(OCc2ccccc2)cc(C(C#N)O[Si](C)(C)C(C)(C)C)cc1[N+](=O)[O-]. The molecule has 0 N–H and O–H groups in total. The Kier molecular flexibility index (Phi) is 7.24. The van der Waals surface area contributed by atoms with Gasteiger partial charge < -0.3 is 13.9 Å². The number of hydrogen-bond acceptors (Lipinski definition) is 6. The van der Waals surface area contributed by atoms with Gasteiger partial charge in [-0.05, 0) is 29.8 Å². The third-order valence-corrected chi connectivity index (χ3v) is 9.77. The predicted octanol–water partition coefficient (Wildman–Crippen LogP) is 5.77. The van der Waals surface area contributed by atoms with Gasteiger partial charge in [-0.2, -0.15) is 5.26 Å². The molecule has 2 rings (SSSR count). The van der Waals surface area contributed by atoms with Crippen molar-refractivity contribution in [1.29, 1.82) is 5.26 Å². The molecule has 0 aliphatic rings. The van der Waals surface area contributed by atoms with Crippen molar-refractivity contribution in [3.05, 3.63) is 63.7 Å². The van der Waals surface area contributed by atoms with Gasteiger partial charge in [0.15, 0.2) is 20.2 Å². The van der Waals surface area contributed by atoms with Gasteiger partial charge in [-0.1, -0.05) is 51.1 Å². The Morgan fingerprint density at radius 2 is 1.83 bits per heavy atom. The minimum Gasteiger partial charge on any atom is -0.488 e. The van der Waals surface area contributed by atoms with Crippen molar-refractivity contribution >= 4 is 14.0 Å². The zero-order valence-electron chi connectivity index (χ0n) is 18.3. The first kappa shape index (κ1) is 23.4. The fourth-order valence-corrected chi connectivity index (χ4v) is 3.71. The van der Waals surface area contributed by atoms with Crippen molar-refractivity contribution in [2.45, 2.75) is 51.6 Å². The standard InChI is InChI=1S/C22H28N2O5Si/c1-22(2,3)30(5,6)29-20(14-23)17-12-18(24(25)26)21(27-4)19(13-17)28-15-16-10-8-7-9-11-16/h7-13,20H,15H2,1-6H3. The van der Waals surface area contributed by atoms with Crippen LogP contribution in [0.2, 0.25) is 18.1 Å². The topological polar surface area (TPSA) is 94.6 Å². The van der Waals surface area contributed by atoms with Gasteiger partial charge in [0.25, 0.3) is 0 Å². The number of rotatable bonds is 8. The fourth-order valence-electron chi connectivity index (χ4n) is 2.58. The summed E-state index contributed by atoms with van der Waals surface area (Å²) in [5.74, 6) is 0.216. The highest BCUT2D eigenvalue weighted by Gasteiger charge is 2.40. The van der Waals surface area contributed by atoms with Crippen LogP contribution in [-0.4, -0.2) is 20.4 Å².